The highest BCUT2D eigenvalue weighted by molar-refractivity contribution is 7.18. The number of fused-ring (bicyclic) bond motifs is 4. The number of thiophene rings is 1. The van der Waals surface area contributed by atoms with Crippen molar-refractivity contribution in [1.29, 1.82) is 0 Å². The molecule has 0 bridgehead atoms. The van der Waals surface area contributed by atoms with Gasteiger partial charge in [-0.05, 0) is 37.3 Å². The van der Waals surface area contributed by atoms with Crippen LogP contribution in [-0.2, 0) is 31.2 Å². The predicted octanol–water partition coefficient (Wildman–Crippen LogP) is 2.98. The number of aryl methyl sites for hydroxylation is 3. The molecule has 0 unspecified atom stereocenters. The van der Waals surface area contributed by atoms with Gasteiger partial charge in [0.1, 0.15) is 11.4 Å². The zero-order chi connectivity index (χ0) is 20.7. The van der Waals surface area contributed by atoms with Crippen LogP contribution in [0.3, 0.4) is 0 Å². The van der Waals surface area contributed by atoms with Crippen LogP contribution in [0.5, 0.6) is 0 Å². The number of aromatic nitrogens is 3. The van der Waals surface area contributed by atoms with Crippen LogP contribution in [0.2, 0.25) is 0 Å². The van der Waals surface area contributed by atoms with Crippen molar-refractivity contribution in [3.8, 4) is 0 Å². The molecular formula is C22H21N5O2S. The SMILES string of the molecule is Cn1cc(C=NNC(=O)Cn2cnc3sc4c(c3c2=O)CCCC4)c2ccccc21. The van der Waals surface area contributed by atoms with Crippen molar-refractivity contribution in [1.82, 2.24) is 19.5 Å². The number of amides is 1. The van der Waals surface area contributed by atoms with E-state index in [1.165, 1.54) is 15.8 Å². The van der Waals surface area contributed by atoms with Gasteiger partial charge in [0.25, 0.3) is 11.5 Å². The Morgan fingerprint density at radius 2 is 2.13 bits per heavy atom. The lowest BCUT2D eigenvalue weighted by molar-refractivity contribution is -0.121. The largest absolute Gasteiger partial charge is 0.350 e. The molecule has 4 aromatic rings. The molecule has 3 aromatic heterocycles. The number of carbonyl (C=O) groups is 1. The summed E-state index contributed by atoms with van der Waals surface area (Å²) in [6.45, 7) is -0.112. The zero-order valence-corrected chi connectivity index (χ0v) is 17.4. The molecule has 0 fully saturated rings. The zero-order valence-electron chi connectivity index (χ0n) is 16.6. The van der Waals surface area contributed by atoms with Crippen molar-refractivity contribution in [3.05, 3.63) is 63.1 Å². The van der Waals surface area contributed by atoms with E-state index in [0.29, 0.717) is 5.39 Å². The predicted molar refractivity (Wildman–Crippen MR) is 119 cm³/mol. The van der Waals surface area contributed by atoms with Crippen LogP contribution in [-0.4, -0.2) is 26.2 Å². The molecule has 1 aromatic carbocycles. The molecule has 0 aliphatic heterocycles. The fraction of sp³-hybridized carbons (Fsp3) is 0.273. The molecule has 7 nitrogen and oxygen atoms in total. The molecule has 0 atom stereocenters. The number of hydrogen-bond donors (Lipinski definition) is 1. The first-order valence-electron chi connectivity index (χ1n) is 9.97. The number of para-hydroxylation sites is 1. The van der Waals surface area contributed by atoms with Crippen LogP contribution in [0.1, 0.15) is 28.8 Å². The van der Waals surface area contributed by atoms with Crippen LogP contribution >= 0.6 is 11.3 Å². The summed E-state index contributed by atoms with van der Waals surface area (Å²) in [7, 11) is 1.97. The quantitative estimate of drug-likeness (QED) is 0.408. The molecule has 152 valence electrons. The summed E-state index contributed by atoms with van der Waals surface area (Å²) in [6, 6.07) is 8.00. The Bertz CT molecular complexity index is 1360. The van der Waals surface area contributed by atoms with Crippen LogP contribution in [0.15, 0.2) is 46.7 Å². The topological polar surface area (TPSA) is 81.3 Å². The van der Waals surface area contributed by atoms with E-state index in [-0.39, 0.29) is 18.0 Å². The van der Waals surface area contributed by atoms with E-state index >= 15 is 0 Å². The molecule has 0 saturated carbocycles. The minimum Gasteiger partial charge on any atom is -0.350 e. The first-order valence-corrected chi connectivity index (χ1v) is 10.8. The summed E-state index contributed by atoms with van der Waals surface area (Å²) in [6.07, 6.45) is 9.22. The molecule has 1 aliphatic carbocycles. The fourth-order valence-corrected chi connectivity index (χ4v) is 5.35. The monoisotopic (exact) mass is 419 g/mol. The summed E-state index contributed by atoms with van der Waals surface area (Å²) < 4.78 is 3.38. The molecule has 1 N–H and O–H groups in total. The average molecular weight is 420 g/mol. The maximum atomic E-state index is 12.9. The lowest BCUT2D eigenvalue weighted by Crippen LogP contribution is -2.30. The third-order valence-corrected chi connectivity index (χ3v) is 6.78. The maximum Gasteiger partial charge on any atom is 0.262 e. The van der Waals surface area contributed by atoms with Gasteiger partial charge in [0.2, 0.25) is 0 Å². The third-order valence-electron chi connectivity index (χ3n) is 5.58. The summed E-state index contributed by atoms with van der Waals surface area (Å²) in [4.78, 5) is 31.8. The van der Waals surface area contributed by atoms with Crippen molar-refractivity contribution in [2.45, 2.75) is 32.2 Å². The minimum atomic E-state index is -0.362. The van der Waals surface area contributed by atoms with Crippen LogP contribution < -0.4 is 11.0 Å². The Labute approximate surface area is 176 Å². The van der Waals surface area contributed by atoms with E-state index < -0.39 is 0 Å². The summed E-state index contributed by atoms with van der Waals surface area (Å²) >= 11 is 1.61. The molecule has 1 aliphatic rings. The van der Waals surface area contributed by atoms with Gasteiger partial charge < -0.3 is 4.57 Å². The number of carbonyl (C=O) groups excluding carboxylic acids is 1. The van der Waals surface area contributed by atoms with Gasteiger partial charge in [-0.1, -0.05) is 18.2 Å². The Morgan fingerprint density at radius 1 is 1.30 bits per heavy atom. The summed E-state index contributed by atoms with van der Waals surface area (Å²) in [5.74, 6) is -0.362. The average Bonchev–Trinajstić information content (AvgIpc) is 3.29. The highest BCUT2D eigenvalue weighted by Gasteiger charge is 2.20. The van der Waals surface area contributed by atoms with Gasteiger partial charge in [-0.25, -0.2) is 10.4 Å². The van der Waals surface area contributed by atoms with Gasteiger partial charge in [0, 0.05) is 34.6 Å². The molecule has 0 saturated heterocycles. The Hall–Kier alpha value is -3.26. The smallest absolute Gasteiger partial charge is 0.262 e. The summed E-state index contributed by atoms with van der Waals surface area (Å²) in [5.41, 5.74) is 5.51. The Balaban J connectivity index is 1.34. The first-order chi connectivity index (χ1) is 14.6. The molecule has 1 amide bonds. The number of nitrogens with zero attached hydrogens (tertiary/aromatic N) is 4. The maximum absolute atomic E-state index is 12.9. The number of rotatable bonds is 4. The summed E-state index contributed by atoms with van der Waals surface area (Å²) in [5, 5.41) is 5.83. The lowest BCUT2D eigenvalue weighted by atomic mass is 9.97. The molecular weight excluding hydrogens is 398 g/mol. The Morgan fingerprint density at radius 3 is 3.03 bits per heavy atom. The van der Waals surface area contributed by atoms with Crippen molar-refractivity contribution >= 4 is 44.6 Å². The second-order valence-corrected chi connectivity index (χ2v) is 8.66. The molecule has 0 spiro atoms. The van der Waals surface area contributed by atoms with Crippen molar-refractivity contribution in [2.24, 2.45) is 12.1 Å². The standard InChI is InChI=1S/C22H21N5O2S/c1-26-11-14(15-6-2-4-8-17(15)26)10-24-25-19(28)12-27-13-23-21-20(22(27)29)16-7-3-5-9-18(16)30-21/h2,4,6,8,10-11,13H,3,5,7,9,12H2,1H3,(H,25,28). The van der Waals surface area contributed by atoms with E-state index in [1.54, 1.807) is 17.6 Å². The van der Waals surface area contributed by atoms with E-state index in [1.807, 2.05) is 42.1 Å². The fourth-order valence-electron chi connectivity index (χ4n) is 4.13. The normalized spacial score (nSPS) is 13.9. The second kappa shape index (κ2) is 7.53. The van der Waals surface area contributed by atoms with Gasteiger partial charge in [0.05, 0.1) is 17.9 Å². The molecule has 30 heavy (non-hydrogen) atoms. The van der Waals surface area contributed by atoms with Gasteiger partial charge in [-0.2, -0.15) is 5.10 Å². The minimum absolute atomic E-state index is 0.112. The Kier molecular flexibility index (Phi) is 4.71. The van der Waals surface area contributed by atoms with E-state index in [2.05, 4.69) is 15.5 Å². The van der Waals surface area contributed by atoms with Gasteiger partial charge in [-0.3, -0.25) is 14.2 Å². The van der Waals surface area contributed by atoms with Crippen molar-refractivity contribution in [2.75, 3.05) is 0 Å². The highest BCUT2D eigenvalue weighted by atomic mass is 32.1. The van der Waals surface area contributed by atoms with E-state index in [4.69, 9.17) is 0 Å². The number of nitrogens with one attached hydrogen (secondary N) is 1. The van der Waals surface area contributed by atoms with Gasteiger partial charge >= 0.3 is 0 Å². The molecule has 3 heterocycles. The van der Waals surface area contributed by atoms with Crippen molar-refractivity contribution < 1.29 is 4.79 Å². The third kappa shape index (κ3) is 3.23. The lowest BCUT2D eigenvalue weighted by Gasteiger charge is -2.10. The van der Waals surface area contributed by atoms with Crippen molar-refractivity contribution in [3.63, 3.8) is 0 Å². The van der Waals surface area contributed by atoms with Crippen LogP contribution in [0, 0.1) is 0 Å². The molecule has 5 rings (SSSR count). The number of hydrogen-bond acceptors (Lipinski definition) is 5. The second-order valence-electron chi connectivity index (χ2n) is 7.57. The van der Waals surface area contributed by atoms with Gasteiger partial charge in [-0.15, -0.1) is 11.3 Å². The van der Waals surface area contributed by atoms with Crippen LogP contribution in [0.4, 0.5) is 0 Å². The van der Waals surface area contributed by atoms with Gasteiger partial charge in [0.15, 0.2) is 0 Å². The van der Waals surface area contributed by atoms with Crippen LogP contribution in [0.25, 0.3) is 21.1 Å². The first kappa shape index (κ1) is 18.7. The number of hydrazone groups is 1. The molecule has 8 heteroatoms. The number of benzene rings is 1. The van der Waals surface area contributed by atoms with E-state index in [9.17, 15) is 9.59 Å². The molecule has 0 radical (unpaired) electrons. The highest BCUT2D eigenvalue weighted by Crippen LogP contribution is 2.33. The van der Waals surface area contributed by atoms with E-state index in [0.717, 1.165) is 52.5 Å².